The van der Waals surface area contributed by atoms with E-state index in [1.807, 2.05) is 30.5 Å². The minimum atomic E-state index is -0.854. The van der Waals surface area contributed by atoms with Crippen LogP contribution in [0.3, 0.4) is 0 Å². The fourth-order valence-electron chi connectivity index (χ4n) is 4.93. The number of fused-ring (bicyclic) bond motifs is 2. The SMILES string of the molecule is COc1cc2nc(N3C(=O)C(=O)/C(=C(/O)c4ccc5c(c4)CC(C)O5)C3c3cccs3)[nH]c2cc1OC. The average molecular weight is 518 g/mol. The molecule has 0 spiro atoms. The molecule has 0 radical (unpaired) electrons. The lowest BCUT2D eigenvalue weighted by Crippen LogP contribution is -2.30. The molecule has 1 fully saturated rings. The highest BCUT2D eigenvalue weighted by molar-refractivity contribution is 7.10. The van der Waals surface area contributed by atoms with E-state index in [0.29, 0.717) is 34.5 Å². The van der Waals surface area contributed by atoms with Crippen molar-refractivity contribution in [1.82, 2.24) is 9.97 Å². The van der Waals surface area contributed by atoms with Crippen LogP contribution in [0.2, 0.25) is 0 Å². The number of ketones is 1. The van der Waals surface area contributed by atoms with Gasteiger partial charge in [0, 0.05) is 29.0 Å². The first kappa shape index (κ1) is 23.1. The van der Waals surface area contributed by atoms with E-state index in [-0.39, 0.29) is 23.4 Å². The van der Waals surface area contributed by atoms with Crippen LogP contribution < -0.4 is 19.1 Å². The van der Waals surface area contributed by atoms with Gasteiger partial charge in [-0.2, -0.15) is 0 Å². The second-order valence-electron chi connectivity index (χ2n) is 8.92. The van der Waals surface area contributed by atoms with Gasteiger partial charge in [0.25, 0.3) is 5.78 Å². The number of imidazole rings is 1. The number of amides is 1. The number of hydrogen-bond donors (Lipinski definition) is 2. The van der Waals surface area contributed by atoms with Gasteiger partial charge in [0.1, 0.15) is 23.7 Å². The number of aromatic amines is 1. The number of thiophene rings is 1. The Morgan fingerprint density at radius 1 is 1.16 bits per heavy atom. The second kappa shape index (κ2) is 8.67. The Morgan fingerprint density at radius 3 is 2.68 bits per heavy atom. The zero-order chi connectivity index (χ0) is 25.8. The lowest BCUT2D eigenvalue weighted by molar-refractivity contribution is -0.132. The number of hydrogen-bond acceptors (Lipinski definition) is 8. The molecule has 37 heavy (non-hydrogen) atoms. The number of H-pyrrole nitrogens is 1. The van der Waals surface area contributed by atoms with Gasteiger partial charge in [-0.15, -0.1) is 11.3 Å². The van der Waals surface area contributed by atoms with Gasteiger partial charge in [-0.1, -0.05) is 6.07 Å². The summed E-state index contributed by atoms with van der Waals surface area (Å²) in [5.41, 5.74) is 2.54. The minimum Gasteiger partial charge on any atom is -0.507 e. The van der Waals surface area contributed by atoms with Crippen LogP contribution in [0.1, 0.15) is 29.0 Å². The van der Waals surface area contributed by atoms with Crippen molar-refractivity contribution in [2.75, 3.05) is 19.1 Å². The minimum absolute atomic E-state index is 0.00924. The lowest BCUT2D eigenvalue weighted by atomic mass is 9.98. The Kier molecular flexibility index (Phi) is 5.41. The molecule has 0 saturated carbocycles. The summed E-state index contributed by atoms with van der Waals surface area (Å²) < 4.78 is 16.5. The maximum atomic E-state index is 13.4. The summed E-state index contributed by atoms with van der Waals surface area (Å²) in [4.78, 5) is 36.6. The summed E-state index contributed by atoms with van der Waals surface area (Å²) >= 11 is 1.39. The first-order valence-corrected chi connectivity index (χ1v) is 12.5. The molecule has 4 aromatic rings. The highest BCUT2D eigenvalue weighted by Crippen LogP contribution is 2.44. The molecule has 6 rings (SSSR count). The summed E-state index contributed by atoms with van der Waals surface area (Å²) in [6.45, 7) is 1.97. The van der Waals surface area contributed by atoms with Gasteiger partial charge in [0.2, 0.25) is 5.95 Å². The van der Waals surface area contributed by atoms with Crippen LogP contribution >= 0.6 is 11.3 Å². The number of aromatic nitrogens is 2. The second-order valence-corrected chi connectivity index (χ2v) is 9.90. The molecule has 2 aliphatic heterocycles. The summed E-state index contributed by atoms with van der Waals surface area (Å²) in [7, 11) is 3.06. The maximum Gasteiger partial charge on any atom is 0.302 e. The number of aliphatic hydroxyl groups is 1. The van der Waals surface area contributed by atoms with Crippen molar-refractivity contribution in [3.63, 3.8) is 0 Å². The Bertz CT molecular complexity index is 1550. The van der Waals surface area contributed by atoms with Gasteiger partial charge in [0.05, 0.1) is 30.8 Å². The molecule has 2 N–H and O–H groups in total. The van der Waals surface area contributed by atoms with Crippen molar-refractivity contribution in [2.45, 2.75) is 25.5 Å². The van der Waals surface area contributed by atoms with Crippen molar-refractivity contribution in [3.8, 4) is 17.2 Å². The molecule has 0 bridgehead atoms. The highest BCUT2D eigenvalue weighted by atomic mass is 32.1. The van der Waals surface area contributed by atoms with Gasteiger partial charge in [-0.05, 0) is 42.1 Å². The van der Waals surface area contributed by atoms with E-state index in [1.165, 1.54) is 30.5 Å². The van der Waals surface area contributed by atoms with Crippen molar-refractivity contribution < 1.29 is 28.9 Å². The quantitative estimate of drug-likeness (QED) is 0.226. The third-order valence-corrected chi connectivity index (χ3v) is 7.55. The normalized spacial score (nSPS) is 20.4. The van der Waals surface area contributed by atoms with E-state index >= 15 is 0 Å². The number of carbonyl (C=O) groups is 2. The van der Waals surface area contributed by atoms with E-state index in [0.717, 1.165) is 16.2 Å². The number of nitrogens with one attached hydrogen (secondary N) is 1. The summed E-state index contributed by atoms with van der Waals surface area (Å²) in [6, 6.07) is 11.5. The van der Waals surface area contributed by atoms with Crippen LogP contribution in [0.25, 0.3) is 16.8 Å². The van der Waals surface area contributed by atoms with Gasteiger partial charge in [-0.25, -0.2) is 4.98 Å². The molecule has 1 saturated heterocycles. The predicted molar refractivity (Wildman–Crippen MR) is 139 cm³/mol. The van der Waals surface area contributed by atoms with E-state index < -0.39 is 17.7 Å². The molecule has 2 unspecified atom stereocenters. The zero-order valence-electron chi connectivity index (χ0n) is 20.3. The zero-order valence-corrected chi connectivity index (χ0v) is 21.1. The Morgan fingerprint density at radius 2 is 1.95 bits per heavy atom. The first-order valence-electron chi connectivity index (χ1n) is 11.7. The van der Waals surface area contributed by atoms with Crippen LogP contribution in [0.4, 0.5) is 5.95 Å². The third kappa shape index (κ3) is 3.63. The highest BCUT2D eigenvalue weighted by Gasteiger charge is 2.48. The van der Waals surface area contributed by atoms with Crippen LogP contribution in [0, 0.1) is 0 Å². The van der Waals surface area contributed by atoms with Gasteiger partial charge in [0.15, 0.2) is 11.5 Å². The predicted octanol–water partition coefficient (Wildman–Crippen LogP) is 4.59. The molecular formula is C27H23N3O6S. The molecule has 1 amide bonds. The monoisotopic (exact) mass is 517 g/mol. The van der Waals surface area contributed by atoms with Gasteiger partial charge < -0.3 is 24.3 Å². The van der Waals surface area contributed by atoms with Crippen LogP contribution in [-0.2, 0) is 16.0 Å². The molecule has 4 heterocycles. The Balaban J connectivity index is 1.50. The van der Waals surface area contributed by atoms with Crippen LogP contribution in [-0.4, -0.2) is 47.1 Å². The molecule has 10 heteroatoms. The van der Waals surface area contributed by atoms with Crippen LogP contribution in [0.5, 0.6) is 17.2 Å². The number of anilines is 1. The molecule has 2 aromatic carbocycles. The Labute approximate surface area is 215 Å². The van der Waals surface area contributed by atoms with E-state index in [1.54, 1.807) is 24.3 Å². The standard InChI is InChI=1S/C27H23N3O6S/c1-13-9-15-10-14(6-7-18(15)36-13)24(31)22-23(21-5-4-8-37-21)30(26(33)25(22)32)27-28-16-11-19(34-2)20(35-3)12-17(16)29-27/h4-8,10-13,23,31H,9H2,1-3H3,(H,28,29)/b24-22+. The fraction of sp³-hybridized carbons (Fsp3) is 0.222. The number of Topliss-reactive ketones (excluding diaryl/α,β-unsaturated/α-hetero) is 1. The number of aliphatic hydroxyl groups excluding tert-OH is 1. The van der Waals surface area contributed by atoms with E-state index in [9.17, 15) is 14.7 Å². The molecule has 2 aliphatic rings. The molecule has 9 nitrogen and oxygen atoms in total. The van der Waals surface area contributed by atoms with E-state index in [4.69, 9.17) is 14.2 Å². The first-order chi connectivity index (χ1) is 17.9. The third-order valence-electron chi connectivity index (χ3n) is 6.63. The van der Waals surface area contributed by atoms with Crippen LogP contribution in [0.15, 0.2) is 53.4 Å². The molecular weight excluding hydrogens is 494 g/mol. The van der Waals surface area contributed by atoms with Gasteiger partial charge in [-0.3, -0.25) is 14.5 Å². The van der Waals surface area contributed by atoms with Crippen molar-refractivity contribution in [3.05, 3.63) is 69.4 Å². The average Bonchev–Trinajstić information content (AvgIpc) is 3.67. The number of ether oxygens (including phenoxy) is 3. The number of methoxy groups -OCH3 is 2. The van der Waals surface area contributed by atoms with Crippen molar-refractivity contribution in [1.29, 1.82) is 0 Å². The summed E-state index contributed by atoms with van der Waals surface area (Å²) in [5, 5.41) is 13.3. The van der Waals surface area contributed by atoms with Crippen molar-refractivity contribution in [2.24, 2.45) is 0 Å². The molecule has 2 atom stereocenters. The lowest BCUT2D eigenvalue weighted by Gasteiger charge is -2.21. The maximum absolute atomic E-state index is 13.4. The molecule has 0 aliphatic carbocycles. The largest absolute Gasteiger partial charge is 0.507 e. The van der Waals surface area contributed by atoms with Gasteiger partial charge >= 0.3 is 5.91 Å². The van der Waals surface area contributed by atoms with E-state index in [2.05, 4.69) is 9.97 Å². The number of nitrogens with zero attached hydrogens (tertiary/aromatic N) is 2. The molecule has 188 valence electrons. The topological polar surface area (TPSA) is 114 Å². The van der Waals surface area contributed by atoms with Crippen molar-refractivity contribution >= 4 is 45.8 Å². The molecule has 2 aromatic heterocycles. The number of carbonyl (C=O) groups excluding carboxylic acids is 2. The smallest absolute Gasteiger partial charge is 0.302 e. The number of rotatable bonds is 5. The number of benzene rings is 2. The Hall–Kier alpha value is -4.31. The fourth-order valence-corrected chi connectivity index (χ4v) is 5.75. The summed E-state index contributed by atoms with van der Waals surface area (Å²) in [5.74, 6) is 0.124. The summed E-state index contributed by atoms with van der Waals surface area (Å²) in [6.07, 6.45) is 0.736.